The number of nitrogens with zero attached hydrogens (tertiary/aromatic N) is 3. The lowest BCUT2D eigenvalue weighted by Gasteiger charge is -2.35. The Hall–Kier alpha value is -4.01. The first-order chi connectivity index (χ1) is 17.4. The highest BCUT2D eigenvalue weighted by Gasteiger charge is 2.41. The zero-order valence-electron chi connectivity index (χ0n) is 19.3. The van der Waals surface area contributed by atoms with Crippen molar-refractivity contribution in [1.29, 1.82) is 0 Å². The summed E-state index contributed by atoms with van der Waals surface area (Å²) in [4.78, 5) is 9.80. The third-order valence-electron chi connectivity index (χ3n) is 6.72. The number of anilines is 1. The first-order valence-electron chi connectivity index (χ1n) is 11.9. The molecule has 3 aromatic carbocycles. The quantitative estimate of drug-likeness (QED) is 0.296. The molecule has 0 bridgehead atoms. The van der Waals surface area contributed by atoms with Crippen LogP contribution in [0.5, 0.6) is 5.75 Å². The molecule has 0 aliphatic carbocycles. The summed E-state index contributed by atoms with van der Waals surface area (Å²) in [7, 11) is 0. The molecule has 0 amide bonds. The molecule has 0 saturated carbocycles. The van der Waals surface area contributed by atoms with Gasteiger partial charge in [-0.2, -0.15) is 18.3 Å². The molecule has 0 radical (unpaired) electrons. The number of fused-ring (bicyclic) bond motifs is 2. The lowest BCUT2D eigenvalue weighted by atomic mass is 9.97. The zero-order chi connectivity index (χ0) is 24.7. The number of hydrogen-bond acceptors (Lipinski definition) is 4. The van der Waals surface area contributed by atoms with Crippen LogP contribution < -0.4 is 9.64 Å². The van der Waals surface area contributed by atoms with Gasteiger partial charge in [-0.3, -0.25) is 5.10 Å². The number of halogens is 3. The van der Waals surface area contributed by atoms with E-state index in [-0.39, 0.29) is 13.0 Å². The van der Waals surface area contributed by atoms with Gasteiger partial charge in [0.15, 0.2) is 5.82 Å². The minimum atomic E-state index is -4.17. The Bertz CT molecular complexity index is 1510. The van der Waals surface area contributed by atoms with Gasteiger partial charge < -0.3 is 14.6 Å². The van der Waals surface area contributed by atoms with Gasteiger partial charge in [0.1, 0.15) is 18.1 Å². The van der Waals surface area contributed by atoms with Crippen LogP contribution in [0.3, 0.4) is 0 Å². The summed E-state index contributed by atoms with van der Waals surface area (Å²) in [5.74, 6) is 0.00476. The van der Waals surface area contributed by atoms with Crippen molar-refractivity contribution >= 4 is 27.6 Å². The topological polar surface area (TPSA) is 69.8 Å². The van der Waals surface area contributed by atoms with Crippen LogP contribution in [0.25, 0.3) is 33.5 Å². The van der Waals surface area contributed by atoms with Crippen LogP contribution in [0, 0.1) is 5.92 Å². The largest absolute Gasteiger partial charge is 0.489 e. The van der Waals surface area contributed by atoms with Crippen LogP contribution in [0.1, 0.15) is 18.4 Å². The van der Waals surface area contributed by atoms with Crippen LogP contribution in [0.15, 0.2) is 66.7 Å². The van der Waals surface area contributed by atoms with E-state index in [9.17, 15) is 13.2 Å². The van der Waals surface area contributed by atoms with Crippen LogP contribution in [-0.2, 0) is 6.61 Å². The van der Waals surface area contributed by atoms with Crippen LogP contribution in [-0.4, -0.2) is 39.4 Å². The summed E-state index contributed by atoms with van der Waals surface area (Å²) < 4.78 is 45.8. The van der Waals surface area contributed by atoms with E-state index in [2.05, 4.69) is 15.2 Å². The van der Waals surface area contributed by atoms with E-state index in [1.807, 2.05) is 71.6 Å². The van der Waals surface area contributed by atoms with Crippen molar-refractivity contribution < 1.29 is 17.9 Å². The monoisotopic (exact) mass is 491 g/mol. The van der Waals surface area contributed by atoms with Crippen LogP contribution in [0.2, 0.25) is 0 Å². The van der Waals surface area contributed by atoms with Crippen LogP contribution in [0.4, 0.5) is 18.9 Å². The van der Waals surface area contributed by atoms with Gasteiger partial charge in [-0.15, -0.1) is 0 Å². The van der Waals surface area contributed by atoms with Crippen molar-refractivity contribution in [3.05, 3.63) is 72.3 Å². The molecule has 1 aliphatic heterocycles. The smallest absolute Gasteiger partial charge is 0.393 e. The molecule has 1 saturated heterocycles. The van der Waals surface area contributed by atoms with E-state index in [1.165, 1.54) is 0 Å². The summed E-state index contributed by atoms with van der Waals surface area (Å²) >= 11 is 0. The van der Waals surface area contributed by atoms with E-state index in [0.717, 1.165) is 38.9 Å². The predicted molar refractivity (Wildman–Crippen MR) is 133 cm³/mol. The van der Waals surface area contributed by atoms with Crippen molar-refractivity contribution in [2.75, 3.05) is 18.0 Å². The van der Waals surface area contributed by atoms with E-state index in [1.54, 1.807) is 0 Å². The van der Waals surface area contributed by atoms with E-state index >= 15 is 0 Å². The van der Waals surface area contributed by atoms with Gasteiger partial charge in [-0.1, -0.05) is 30.3 Å². The van der Waals surface area contributed by atoms with E-state index in [4.69, 9.17) is 9.72 Å². The molecule has 2 aromatic heterocycles. The molecule has 184 valence electrons. The van der Waals surface area contributed by atoms with E-state index in [0.29, 0.717) is 31.1 Å². The normalized spacial score (nSPS) is 16.6. The van der Waals surface area contributed by atoms with Crippen molar-refractivity contribution in [3.8, 4) is 17.3 Å². The molecule has 3 heterocycles. The molecule has 6 nitrogen and oxygen atoms in total. The maximum Gasteiger partial charge on any atom is 0.393 e. The predicted octanol–water partition coefficient (Wildman–Crippen LogP) is 6.46. The number of aromatic amines is 2. The lowest BCUT2D eigenvalue weighted by Crippen LogP contribution is -2.41. The molecule has 1 aliphatic rings. The van der Waals surface area contributed by atoms with Crippen molar-refractivity contribution in [1.82, 2.24) is 20.2 Å². The van der Waals surface area contributed by atoms with Crippen molar-refractivity contribution in [3.63, 3.8) is 0 Å². The van der Waals surface area contributed by atoms with Gasteiger partial charge in [0.05, 0.1) is 22.5 Å². The third-order valence-corrected chi connectivity index (χ3v) is 6.72. The highest BCUT2D eigenvalue weighted by molar-refractivity contribution is 5.94. The van der Waals surface area contributed by atoms with Gasteiger partial charge in [0.2, 0.25) is 0 Å². The van der Waals surface area contributed by atoms with Gasteiger partial charge in [0.25, 0.3) is 0 Å². The Morgan fingerprint density at radius 2 is 1.86 bits per heavy atom. The number of hydrogen-bond donors (Lipinski definition) is 2. The van der Waals surface area contributed by atoms with Crippen molar-refractivity contribution in [2.45, 2.75) is 25.6 Å². The van der Waals surface area contributed by atoms with Gasteiger partial charge >= 0.3 is 6.18 Å². The molecular formula is C27H24F3N5O. The molecule has 36 heavy (non-hydrogen) atoms. The first-order valence-corrected chi connectivity index (χ1v) is 11.9. The molecule has 9 heteroatoms. The Morgan fingerprint density at radius 3 is 2.69 bits per heavy atom. The van der Waals surface area contributed by atoms with Gasteiger partial charge in [-0.05, 0) is 54.8 Å². The number of aromatic nitrogens is 4. The second-order valence-electron chi connectivity index (χ2n) is 9.17. The fourth-order valence-electron chi connectivity index (χ4n) is 4.79. The summed E-state index contributed by atoms with van der Waals surface area (Å²) in [5, 5.41) is 8.36. The number of ether oxygens (including phenoxy) is 1. The number of imidazole rings is 1. The zero-order valence-corrected chi connectivity index (χ0v) is 19.3. The SMILES string of the molecule is FC(F)(F)C1CCCN(c2ccc3nc(-c4n[nH]c5ccc(OCc6ccccc6)cc45)[nH]c3c2)C1. The Labute approximate surface area is 205 Å². The molecule has 1 atom stereocenters. The minimum Gasteiger partial charge on any atom is -0.489 e. The highest BCUT2D eigenvalue weighted by Crippen LogP contribution is 2.36. The average Bonchev–Trinajstić information content (AvgIpc) is 3.51. The standard InChI is InChI=1S/C27H24F3N5O/c28-27(29,30)18-7-4-12-35(15-18)19-8-10-23-24(13-19)32-26(31-23)25-21-14-20(9-11-22(21)33-34-25)36-16-17-5-2-1-3-6-17/h1-3,5-6,8-11,13-14,18H,4,7,12,15-16H2,(H,31,32)(H,33,34). The van der Waals surface area contributed by atoms with Crippen molar-refractivity contribution in [2.24, 2.45) is 5.92 Å². The summed E-state index contributed by atoms with van der Waals surface area (Å²) in [6, 6.07) is 21.2. The number of nitrogens with one attached hydrogen (secondary N) is 2. The number of piperidine rings is 1. The average molecular weight is 492 g/mol. The number of benzene rings is 3. The third kappa shape index (κ3) is 4.36. The summed E-state index contributed by atoms with van der Waals surface area (Å²) in [6.07, 6.45) is -3.47. The van der Waals surface area contributed by atoms with Crippen LogP contribution >= 0.6 is 0 Å². The Kier molecular flexibility index (Phi) is 5.55. The molecule has 1 unspecified atom stereocenters. The van der Waals surface area contributed by atoms with Gasteiger partial charge in [0, 0.05) is 24.2 Å². The summed E-state index contributed by atoms with van der Waals surface area (Å²) in [5.41, 5.74) is 4.83. The maximum atomic E-state index is 13.3. The maximum absolute atomic E-state index is 13.3. The highest BCUT2D eigenvalue weighted by atomic mass is 19.4. The molecule has 0 spiro atoms. The molecule has 2 N–H and O–H groups in total. The number of alkyl halides is 3. The second-order valence-corrected chi connectivity index (χ2v) is 9.17. The molecule has 6 rings (SSSR count). The fraction of sp³-hybridized carbons (Fsp3) is 0.259. The lowest BCUT2D eigenvalue weighted by molar-refractivity contribution is -0.175. The first kappa shape index (κ1) is 22.5. The minimum absolute atomic E-state index is 0.0221. The van der Waals surface area contributed by atoms with Gasteiger partial charge in [-0.25, -0.2) is 4.98 Å². The number of H-pyrrole nitrogens is 2. The Morgan fingerprint density at radius 1 is 1.00 bits per heavy atom. The molecule has 5 aromatic rings. The molecule has 1 fully saturated rings. The fourth-order valence-corrected chi connectivity index (χ4v) is 4.79. The molecular weight excluding hydrogens is 467 g/mol. The second kappa shape index (κ2) is 8.89. The summed E-state index contributed by atoms with van der Waals surface area (Å²) in [6.45, 7) is 1.04. The van der Waals surface area contributed by atoms with E-state index < -0.39 is 12.1 Å². The number of rotatable bonds is 5. The Balaban J connectivity index is 1.27.